The molecule has 2 aliphatic heterocycles. The van der Waals surface area contributed by atoms with Crippen LogP contribution in [0.15, 0.2) is 41.2 Å². The van der Waals surface area contributed by atoms with E-state index in [1.807, 2.05) is 31.9 Å². The Morgan fingerprint density at radius 1 is 1.02 bits per heavy atom. The Morgan fingerprint density at radius 2 is 1.74 bits per heavy atom. The number of aryl methyl sites for hydroxylation is 1. The highest BCUT2D eigenvalue weighted by molar-refractivity contribution is 5.94. The van der Waals surface area contributed by atoms with Crippen LogP contribution in [0.2, 0.25) is 0 Å². The summed E-state index contributed by atoms with van der Waals surface area (Å²) in [7, 11) is 2.02. The number of alkyl halides is 3. The average molecular weight is 582 g/mol. The van der Waals surface area contributed by atoms with Crippen molar-refractivity contribution in [1.82, 2.24) is 29.7 Å². The number of fused-ring (bicyclic) bond motifs is 2. The standard InChI is InChI=1S/C30H34F3N7O2/c1-17-8-5-9-20-10-6-12-22(23(17)20)40-27(41)25-24(35-28(40)30(31,32)33)26(39-18(2)14-34-15-19(39)3)37-29(36-25)42-16-21-11-7-13-38(21)4/h5-6,8-10,12,18-19,21,34H,7,11,13-16H2,1-4H3/t18-,19-,21?/m0/s1. The number of likely N-dealkylation sites (tertiary alicyclic amines) is 1. The fourth-order valence-corrected chi connectivity index (χ4v) is 6.29. The maximum absolute atomic E-state index is 14.8. The number of benzene rings is 2. The van der Waals surface area contributed by atoms with Crippen molar-refractivity contribution in [3.05, 3.63) is 58.1 Å². The quantitative estimate of drug-likeness (QED) is 0.373. The van der Waals surface area contributed by atoms with Gasteiger partial charge in [-0.05, 0) is 64.2 Å². The summed E-state index contributed by atoms with van der Waals surface area (Å²) < 4.78 is 51.0. The van der Waals surface area contributed by atoms with Crippen molar-refractivity contribution >= 4 is 27.6 Å². The van der Waals surface area contributed by atoms with Crippen LogP contribution in [-0.4, -0.2) is 75.8 Å². The van der Waals surface area contributed by atoms with Crippen LogP contribution in [0.1, 0.15) is 38.1 Å². The van der Waals surface area contributed by atoms with Crippen molar-refractivity contribution in [2.45, 2.75) is 57.9 Å². The van der Waals surface area contributed by atoms with Gasteiger partial charge in [0, 0.05) is 36.6 Å². The first kappa shape index (κ1) is 28.4. The molecule has 2 aromatic heterocycles. The molecular weight excluding hydrogens is 547 g/mol. The second kappa shape index (κ2) is 10.8. The number of anilines is 1. The summed E-state index contributed by atoms with van der Waals surface area (Å²) in [6, 6.07) is 10.2. The molecule has 0 spiro atoms. The lowest BCUT2D eigenvalue weighted by molar-refractivity contribution is -0.146. The number of aromatic nitrogens is 4. The van der Waals surface area contributed by atoms with E-state index in [4.69, 9.17) is 4.74 Å². The van der Waals surface area contributed by atoms with E-state index >= 15 is 0 Å². The summed E-state index contributed by atoms with van der Waals surface area (Å²) in [5, 5.41) is 4.57. The Labute approximate surface area is 241 Å². The fourth-order valence-electron chi connectivity index (χ4n) is 6.29. The van der Waals surface area contributed by atoms with Crippen LogP contribution in [-0.2, 0) is 6.18 Å². The van der Waals surface area contributed by atoms with Gasteiger partial charge in [0.1, 0.15) is 12.1 Å². The molecule has 6 rings (SSSR count). The molecule has 0 bridgehead atoms. The molecule has 2 aliphatic rings. The van der Waals surface area contributed by atoms with Gasteiger partial charge in [0.2, 0.25) is 5.82 Å². The van der Waals surface area contributed by atoms with Gasteiger partial charge in [-0.3, -0.25) is 9.36 Å². The van der Waals surface area contributed by atoms with Crippen molar-refractivity contribution in [2.75, 3.05) is 38.2 Å². The van der Waals surface area contributed by atoms with E-state index in [0.717, 1.165) is 24.9 Å². The first-order chi connectivity index (χ1) is 20.0. The van der Waals surface area contributed by atoms with Gasteiger partial charge in [-0.25, -0.2) is 4.98 Å². The number of halogens is 3. The van der Waals surface area contributed by atoms with Gasteiger partial charge in [0.25, 0.3) is 5.56 Å². The Balaban J connectivity index is 1.63. The van der Waals surface area contributed by atoms with Gasteiger partial charge in [0.15, 0.2) is 11.3 Å². The highest BCUT2D eigenvalue weighted by atomic mass is 19.4. The molecule has 1 N–H and O–H groups in total. The summed E-state index contributed by atoms with van der Waals surface area (Å²) >= 11 is 0. The zero-order chi connectivity index (χ0) is 29.8. The number of likely N-dealkylation sites (N-methyl/N-ethyl adjacent to an activating group) is 1. The number of hydrogen-bond donors (Lipinski definition) is 1. The Kier molecular flexibility index (Phi) is 7.30. The smallest absolute Gasteiger partial charge is 0.450 e. The first-order valence-electron chi connectivity index (χ1n) is 14.3. The third-order valence-electron chi connectivity index (χ3n) is 8.42. The van der Waals surface area contributed by atoms with Crippen molar-refractivity contribution < 1.29 is 17.9 Å². The summed E-state index contributed by atoms with van der Waals surface area (Å²) in [6.07, 6.45) is -2.94. The van der Waals surface area contributed by atoms with Crippen molar-refractivity contribution in [3.63, 3.8) is 0 Å². The molecule has 4 heterocycles. The van der Waals surface area contributed by atoms with E-state index < -0.39 is 17.6 Å². The van der Waals surface area contributed by atoms with Gasteiger partial charge in [-0.2, -0.15) is 23.1 Å². The van der Waals surface area contributed by atoms with E-state index in [2.05, 4.69) is 25.2 Å². The largest absolute Gasteiger partial charge is 0.462 e. The summed E-state index contributed by atoms with van der Waals surface area (Å²) in [5.41, 5.74) is -0.501. The SMILES string of the molecule is Cc1cccc2cccc(-n3c(C(F)(F)F)nc4c(N5[C@@H](C)CNC[C@@H]5C)nc(OCC5CCCN5C)nc4c3=O)c12. The number of nitrogens with zero attached hydrogens (tertiary/aromatic N) is 6. The van der Waals surface area contributed by atoms with E-state index in [-0.39, 0.29) is 46.7 Å². The molecule has 4 aromatic rings. The first-order valence-corrected chi connectivity index (χ1v) is 14.3. The van der Waals surface area contributed by atoms with E-state index in [1.165, 1.54) is 6.07 Å². The maximum atomic E-state index is 14.8. The van der Waals surface area contributed by atoms with Crippen molar-refractivity contribution in [3.8, 4) is 11.7 Å². The van der Waals surface area contributed by atoms with Crippen LogP contribution in [0.3, 0.4) is 0 Å². The van der Waals surface area contributed by atoms with Crippen LogP contribution in [0.5, 0.6) is 6.01 Å². The number of piperazine rings is 1. The highest BCUT2D eigenvalue weighted by Gasteiger charge is 2.40. The lowest BCUT2D eigenvalue weighted by atomic mass is 10.0. The van der Waals surface area contributed by atoms with Gasteiger partial charge in [0.05, 0.1) is 5.69 Å². The minimum Gasteiger partial charge on any atom is -0.462 e. The molecule has 222 valence electrons. The second-order valence-electron chi connectivity index (χ2n) is 11.4. The predicted octanol–water partition coefficient (Wildman–Crippen LogP) is 4.32. The van der Waals surface area contributed by atoms with Crippen LogP contribution < -0.4 is 20.5 Å². The van der Waals surface area contributed by atoms with Crippen LogP contribution in [0, 0.1) is 6.92 Å². The Morgan fingerprint density at radius 3 is 2.40 bits per heavy atom. The summed E-state index contributed by atoms with van der Waals surface area (Å²) in [6.45, 7) is 8.16. The lowest BCUT2D eigenvalue weighted by Gasteiger charge is -2.40. The highest BCUT2D eigenvalue weighted by Crippen LogP contribution is 2.35. The fraction of sp³-hybridized carbons (Fsp3) is 0.467. The molecule has 12 heteroatoms. The van der Waals surface area contributed by atoms with Crippen LogP contribution in [0.4, 0.5) is 19.0 Å². The molecule has 1 unspecified atom stereocenters. The molecule has 2 aromatic carbocycles. The van der Waals surface area contributed by atoms with Crippen LogP contribution in [0.25, 0.3) is 27.5 Å². The third-order valence-corrected chi connectivity index (χ3v) is 8.42. The van der Waals surface area contributed by atoms with E-state index in [0.29, 0.717) is 35.0 Å². The van der Waals surface area contributed by atoms with Gasteiger partial charge in [-0.1, -0.05) is 30.3 Å². The van der Waals surface area contributed by atoms with Gasteiger partial charge >= 0.3 is 12.2 Å². The van der Waals surface area contributed by atoms with E-state index in [9.17, 15) is 18.0 Å². The summed E-state index contributed by atoms with van der Waals surface area (Å²) in [4.78, 5) is 31.5. The average Bonchev–Trinajstić information content (AvgIpc) is 3.35. The normalized spacial score (nSPS) is 21.9. The molecule has 2 saturated heterocycles. The third kappa shape index (κ3) is 4.96. The minimum atomic E-state index is -4.93. The molecule has 0 radical (unpaired) electrons. The molecule has 0 amide bonds. The number of ether oxygens (including phenoxy) is 1. The van der Waals surface area contributed by atoms with Gasteiger partial charge in [-0.15, -0.1) is 0 Å². The molecule has 2 fully saturated rings. The van der Waals surface area contributed by atoms with E-state index in [1.54, 1.807) is 31.2 Å². The molecule has 9 nitrogen and oxygen atoms in total. The molecule has 3 atom stereocenters. The monoisotopic (exact) mass is 581 g/mol. The zero-order valence-corrected chi connectivity index (χ0v) is 24.1. The maximum Gasteiger partial charge on any atom is 0.450 e. The number of hydrogen-bond acceptors (Lipinski definition) is 8. The topological polar surface area (TPSA) is 88.4 Å². The van der Waals surface area contributed by atoms with Gasteiger partial charge < -0.3 is 19.9 Å². The minimum absolute atomic E-state index is 0.0463. The van der Waals surface area contributed by atoms with Crippen molar-refractivity contribution in [1.29, 1.82) is 0 Å². The number of nitrogens with one attached hydrogen (secondary N) is 1. The molecular formula is C30H34F3N7O2. The Bertz CT molecular complexity index is 1690. The summed E-state index contributed by atoms with van der Waals surface area (Å²) in [5.74, 6) is -1.16. The molecule has 0 saturated carbocycles. The van der Waals surface area contributed by atoms with Crippen LogP contribution >= 0.6 is 0 Å². The zero-order valence-electron chi connectivity index (χ0n) is 24.1. The van der Waals surface area contributed by atoms with Crippen molar-refractivity contribution in [2.24, 2.45) is 0 Å². The molecule has 42 heavy (non-hydrogen) atoms. The predicted molar refractivity (Wildman–Crippen MR) is 156 cm³/mol. The lowest BCUT2D eigenvalue weighted by Crippen LogP contribution is -2.55. The second-order valence-corrected chi connectivity index (χ2v) is 11.4. The molecule has 0 aliphatic carbocycles. The number of rotatable bonds is 5. The Hall–Kier alpha value is -3.77.